The van der Waals surface area contributed by atoms with Crippen LogP contribution in [0.3, 0.4) is 0 Å². The number of nitro benzene ring substituents is 1. The number of aromatic nitrogens is 2. The lowest BCUT2D eigenvalue weighted by Crippen LogP contribution is -2.03. The molecule has 0 spiro atoms. The lowest BCUT2D eigenvalue weighted by atomic mass is 10.1. The number of hydrogen-bond acceptors (Lipinski definition) is 6. The number of benzene rings is 1. The minimum absolute atomic E-state index is 0.0465. The van der Waals surface area contributed by atoms with Gasteiger partial charge in [-0.1, -0.05) is 6.07 Å². The number of nitrogens with zero attached hydrogens (tertiary/aromatic N) is 4. The first kappa shape index (κ1) is 13.4. The van der Waals surface area contributed by atoms with Crippen LogP contribution in [0.2, 0.25) is 0 Å². The number of nitrogen functional groups attached to an aromatic ring is 1. The minimum Gasteiger partial charge on any atom is -0.382 e. The Hall–Kier alpha value is -3.01. The first-order chi connectivity index (χ1) is 9.43. The number of rotatable bonds is 2. The van der Waals surface area contributed by atoms with Crippen LogP contribution in [0, 0.1) is 35.3 Å². The van der Waals surface area contributed by atoms with Crippen molar-refractivity contribution in [3.05, 3.63) is 45.1 Å². The molecule has 7 heteroatoms. The van der Waals surface area contributed by atoms with Crippen molar-refractivity contribution in [3.8, 4) is 17.5 Å². The van der Waals surface area contributed by atoms with E-state index in [-0.39, 0.29) is 22.9 Å². The summed E-state index contributed by atoms with van der Waals surface area (Å²) in [6.07, 6.45) is 0. The van der Waals surface area contributed by atoms with Gasteiger partial charge in [0.05, 0.1) is 10.6 Å². The van der Waals surface area contributed by atoms with Gasteiger partial charge in [0.25, 0.3) is 5.69 Å². The van der Waals surface area contributed by atoms with Gasteiger partial charge in [-0.2, -0.15) is 5.26 Å². The molecule has 2 rings (SSSR count). The lowest BCUT2D eigenvalue weighted by Gasteiger charge is -2.07. The van der Waals surface area contributed by atoms with Crippen molar-refractivity contribution in [2.24, 2.45) is 0 Å². The zero-order valence-electron chi connectivity index (χ0n) is 10.9. The van der Waals surface area contributed by atoms with Crippen molar-refractivity contribution in [1.29, 1.82) is 5.26 Å². The molecule has 0 aliphatic rings. The van der Waals surface area contributed by atoms with Crippen LogP contribution in [-0.4, -0.2) is 14.9 Å². The van der Waals surface area contributed by atoms with Crippen LogP contribution in [0.15, 0.2) is 18.2 Å². The molecule has 0 aliphatic heterocycles. The molecule has 100 valence electrons. The molecule has 0 amide bonds. The average molecular weight is 269 g/mol. The lowest BCUT2D eigenvalue weighted by molar-refractivity contribution is -0.384. The summed E-state index contributed by atoms with van der Waals surface area (Å²) in [5, 5.41) is 19.8. The Morgan fingerprint density at radius 1 is 1.35 bits per heavy atom. The Morgan fingerprint density at radius 2 is 2.05 bits per heavy atom. The molecule has 1 aromatic heterocycles. The van der Waals surface area contributed by atoms with Gasteiger partial charge in [-0.25, -0.2) is 9.97 Å². The fourth-order valence-electron chi connectivity index (χ4n) is 1.82. The van der Waals surface area contributed by atoms with Gasteiger partial charge in [0.15, 0.2) is 5.82 Å². The summed E-state index contributed by atoms with van der Waals surface area (Å²) in [7, 11) is 0. The monoisotopic (exact) mass is 269 g/mol. The number of aryl methyl sites for hydroxylation is 2. The van der Waals surface area contributed by atoms with Crippen LogP contribution >= 0.6 is 0 Å². The highest BCUT2D eigenvalue weighted by molar-refractivity contribution is 5.66. The van der Waals surface area contributed by atoms with Crippen molar-refractivity contribution in [2.45, 2.75) is 13.8 Å². The maximum absolute atomic E-state index is 10.8. The standard InChI is InChI=1S/C13H11N5O2/c1-7-3-4-9(18(19)20)5-10(7)13-16-8(2)11(6-14)12(15)17-13/h3-5H,1-2H3,(H2,15,16,17). The van der Waals surface area contributed by atoms with Gasteiger partial charge in [0.2, 0.25) is 0 Å². The van der Waals surface area contributed by atoms with Crippen LogP contribution in [-0.2, 0) is 0 Å². The summed E-state index contributed by atoms with van der Waals surface area (Å²) in [5.41, 5.74) is 7.65. The molecule has 7 nitrogen and oxygen atoms in total. The second kappa shape index (κ2) is 4.93. The first-order valence-electron chi connectivity index (χ1n) is 5.73. The fourth-order valence-corrected chi connectivity index (χ4v) is 1.82. The topological polar surface area (TPSA) is 119 Å². The van der Waals surface area contributed by atoms with E-state index in [0.717, 1.165) is 5.56 Å². The molecule has 0 atom stereocenters. The molecular formula is C13H11N5O2. The first-order valence-corrected chi connectivity index (χ1v) is 5.73. The summed E-state index contributed by atoms with van der Waals surface area (Å²) < 4.78 is 0. The Kier molecular flexibility index (Phi) is 3.31. The van der Waals surface area contributed by atoms with Gasteiger partial charge in [-0.15, -0.1) is 0 Å². The highest BCUT2D eigenvalue weighted by Crippen LogP contribution is 2.26. The summed E-state index contributed by atoms with van der Waals surface area (Å²) >= 11 is 0. The number of nitrogens with two attached hydrogens (primary N) is 1. The van der Waals surface area contributed by atoms with Crippen molar-refractivity contribution < 1.29 is 4.92 Å². The second-order valence-electron chi connectivity index (χ2n) is 4.26. The van der Waals surface area contributed by atoms with Gasteiger partial charge in [0, 0.05) is 17.7 Å². The maximum Gasteiger partial charge on any atom is 0.270 e. The van der Waals surface area contributed by atoms with E-state index < -0.39 is 4.92 Å². The fraction of sp³-hybridized carbons (Fsp3) is 0.154. The normalized spacial score (nSPS) is 10.1. The van der Waals surface area contributed by atoms with Crippen molar-refractivity contribution >= 4 is 11.5 Å². The number of hydrogen-bond donors (Lipinski definition) is 1. The molecule has 0 bridgehead atoms. The summed E-state index contributed by atoms with van der Waals surface area (Å²) in [6, 6.07) is 6.37. The van der Waals surface area contributed by atoms with E-state index in [1.165, 1.54) is 12.1 Å². The summed E-state index contributed by atoms with van der Waals surface area (Å²) in [5.74, 6) is 0.348. The highest BCUT2D eigenvalue weighted by atomic mass is 16.6. The predicted octanol–water partition coefficient (Wildman–Crippen LogP) is 2.12. The molecule has 0 saturated heterocycles. The van der Waals surface area contributed by atoms with Crippen LogP contribution in [0.4, 0.5) is 11.5 Å². The molecule has 0 radical (unpaired) electrons. The minimum atomic E-state index is -0.483. The van der Waals surface area contributed by atoms with Gasteiger partial charge in [0.1, 0.15) is 17.5 Å². The summed E-state index contributed by atoms with van der Waals surface area (Å²) in [4.78, 5) is 18.6. The SMILES string of the molecule is Cc1ccc([N+](=O)[O-])cc1-c1nc(C)c(C#N)c(N)n1. The molecule has 1 aromatic carbocycles. The van der Waals surface area contributed by atoms with E-state index in [1.807, 2.05) is 6.07 Å². The molecule has 0 saturated carbocycles. The van der Waals surface area contributed by atoms with Crippen LogP contribution in [0.25, 0.3) is 11.4 Å². The highest BCUT2D eigenvalue weighted by Gasteiger charge is 2.15. The third-order valence-corrected chi connectivity index (χ3v) is 2.90. The third kappa shape index (κ3) is 2.27. The Morgan fingerprint density at radius 3 is 2.60 bits per heavy atom. The van der Waals surface area contributed by atoms with Crippen molar-refractivity contribution in [3.63, 3.8) is 0 Å². The average Bonchev–Trinajstić information content (AvgIpc) is 2.38. The zero-order valence-corrected chi connectivity index (χ0v) is 10.9. The van der Waals surface area contributed by atoms with Crippen LogP contribution in [0.5, 0.6) is 0 Å². The maximum atomic E-state index is 10.8. The van der Waals surface area contributed by atoms with Gasteiger partial charge >= 0.3 is 0 Å². The molecule has 1 heterocycles. The zero-order chi connectivity index (χ0) is 14.9. The smallest absolute Gasteiger partial charge is 0.270 e. The Labute approximate surface area is 114 Å². The van der Waals surface area contributed by atoms with E-state index in [4.69, 9.17) is 11.0 Å². The number of nitro groups is 1. The largest absolute Gasteiger partial charge is 0.382 e. The Balaban J connectivity index is 2.66. The van der Waals surface area contributed by atoms with Gasteiger partial charge in [-0.3, -0.25) is 10.1 Å². The number of nitriles is 1. The van der Waals surface area contributed by atoms with Gasteiger partial charge < -0.3 is 5.73 Å². The summed E-state index contributed by atoms with van der Waals surface area (Å²) in [6.45, 7) is 3.44. The van der Waals surface area contributed by atoms with E-state index in [1.54, 1.807) is 19.9 Å². The van der Waals surface area contributed by atoms with E-state index in [0.29, 0.717) is 11.3 Å². The van der Waals surface area contributed by atoms with E-state index in [2.05, 4.69) is 9.97 Å². The molecule has 2 aromatic rings. The molecule has 20 heavy (non-hydrogen) atoms. The molecule has 0 fully saturated rings. The second-order valence-corrected chi connectivity index (χ2v) is 4.26. The van der Waals surface area contributed by atoms with Crippen molar-refractivity contribution in [2.75, 3.05) is 5.73 Å². The van der Waals surface area contributed by atoms with Gasteiger partial charge in [-0.05, 0) is 19.4 Å². The Bertz CT molecular complexity index is 726. The quantitative estimate of drug-likeness (QED) is 0.658. The predicted molar refractivity (Wildman–Crippen MR) is 72.7 cm³/mol. The molecule has 2 N–H and O–H groups in total. The number of anilines is 1. The molecule has 0 aliphatic carbocycles. The van der Waals surface area contributed by atoms with Crippen molar-refractivity contribution in [1.82, 2.24) is 9.97 Å². The molecule has 0 unspecified atom stereocenters. The third-order valence-electron chi connectivity index (χ3n) is 2.90. The van der Waals surface area contributed by atoms with Crippen LogP contribution in [0.1, 0.15) is 16.8 Å². The van der Waals surface area contributed by atoms with Crippen LogP contribution < -0.4 is 5.73 Å². The number of non-ortho nitro benzene ring substituents is 1. The van der Waals surface area contributed by atoms with E-state index >= 15 is 0 Å². The van der Waals surface area contributed by atoms with E-state index in [9.17, 15) is 10.1 Å². The molecular weight excluding hydrogens is 258 g/mol.